The maximum atomic E-state index is 10.6. The van der Waals surface area contributed by atoms with E-state index in [4.69, 9.17) is 4.74 Å². The van der Waals surface area contributed by atoms with Crippen LogP contribution in [-0.2, 0) is 0 Å². The molecule has 3 N–H and O–H groups in total. The van der Waals surface area contributed by atoms with Crippen molar-refractivity contribution in [2.75, 3.05) is 26.7 Å². The van der Waals surface area contributed by atoms with Gasteiger partial charge in [-0.2, -0.15) is 0 Å². The van der Waals surface area contributed by atoms with E-state index in [1.807, 2.05) is 24.4 Å². The van der Waals surface area contributed by atoms with Crippen molar-refractivity contribution >= 4 is 10.9 Å². The molecule has 1 aliphatic rings. The predicted octanol–water partition coefficient (Wildman–Crippen LogP) is 1.52. The van der Waals surface area contributed by atoms with Crippen LogP contribution in [0.4, 0.5) is 0 Å². The first-order chi connectivity index (χ1) is 10.2. The van der Waals surface area contributed by atoms with Crippen molar-refractivity contribution in [3.63, 3.8) is 0 Å². The Hall–Kier alpha value is -1.52. The summed E-state index contributed by atoms with van der Waals surface area (Å²) in [5.41, 5.74) is 2.03. The molecule has 3 rings (SSSR count). The normalized spacial score (nSPS) is 24.1. The fourth-order valence-corrected chi connectivity index (χ4v) is 3.28. The maximum absolute atomic E-state index is 10.6. The Labute approximate surface area is 125 Å². The monoisotopic (exact) mass is 289 g/mol. The van der Waals surface area contributed by atoms with E-state index in [9.17, 15) is 5.11 Å². The summed E-state index contributed by atoms with van der Waals surface area (Å²) in [6.07, 6.45) is 4.04. The van der Waals surface area contributed by atoms with E-state index < -0.39 is 6.10 Å². The van der Waals surface area contributed by atoms with Gasteiger partial charge in [-0.15, -0.1) is 0 Å². The number of benzene rings is 1. The Morgan fingerprint density at radius 1 is 1.38 bits per heavy atom. The minimum absolute atomic E-state index is 0.422. The molecule has 1 fully saturated rings. The van der Waals surface area contributed by atoms with Crippen LogP contribution < -0.4 is 9.64 Å². The quantitative estimate of drug-likeness (QED) is 0.799. The van der Waals surface area contributed by atoms with Gasteiger partial charge in [-0.05, 0) is 37.0 Å². The van der Waals surface area contributed by atoms with Crippen molar-refractivity contribution in [1.82, 2.24) is 4.98 Å². The van der Waals surface area contributed by atoms with Gasteiger partial charge in [-0.25, -0.2) is 0 Å². The van der Waals surface area contributed by atoms with Gasteiger partial charge in [0, 0.05) is 22.7 Å². The summed E-state index contributed by atoms with van der Waals surface area (Å²) in [6.45, 7) is 5.45. The zero-order valence-corrected chi connectivity index (χ0v) is 12.9. The molecule has 4 heteroatoms. The van der Waals surface area contributed by atoms with Gasteiger partial charge in [0.15, 0.2) is 0 Å². The Morgan fingerprint density at radius 2 is 2.14 bits per heavy atom. The Kier molecular flexibility index (Phi) is 4.17. The number of aromatic amines is 1. The standard InChI is InChI=1S/C17H24N2O2/c1-12-5-7-19(8-6-12)11-17(20)15-10-18-16-4-3-13(21-2)9-14(15)16/h3-4,9-10,12,17-18,20H,5-8,11H2,1-2H3/p+1/t17-/m0/s1. The highest BCUT2D eigenvalue weighted by molar-refractivity contribution is 5.85. The summed E-state index contributed by atoms with van der Waals surface area (Å²) in [5, 5.41) is 11.7. The second-order valence-corrected chi connectivity index (χ2v) is 6.31. The lowest BCUT2D eigenvalue weighted by Gasteiger charge is -2.28. The SMILES string of the molecule is COc1ccc2[nH]cc([C@@H](O)C[NH+]3CCC(C)CC3)c2c1. The lowest BCUT2D eigenvalue weighted by molar-refractivity contribution is -0.909. The molecule has 1 saturated heterocycles. The minimum Gasteiger partial charge on any atom is -0.497 e. The highest BCUT2D eigenvalue weighted by Gasteiger charge is 2.23. The summed E-state index contributed by atoms with van der Waals surface area (Å²) < 4.78 is 5.29. The minimum atomic E-state index is -0.422. The molecule has 0 radical (unpaired) electrons. The van der Waals surface area contributed by atoms with Crippen LogP contribution in [0.1, 0.15) is 31.4 Å². The summed E-state index contributed by atoms with van der Waals surface area (Å²) in [4.78, 5) is 4.75. The van der Waals surface area contributed by atoms with Crippen molar-refractivity contribution < 1.29 is 14.7 Å². The van der Waals surface area contributed by atoms with E-state index in [2.05, 4.69) is 11.9 Å². The van der Waals surface area contributed by atoms with Crippen LogP contribution in [0.15, 0.2) is 24.4 Å². The van der Waals surface area contributed by atoms with Gasteiger partial charge in [-0.3, -0.25) is 0 Å². The Balaban J connectivity index is 1.76. The molecule has 0 bridgehead atoms. The maximum Gasteiger partial charge on any atom is 0.130 e. The van der Waals surface area contributed by atoms with E-state index in [0.29, 0.717) is 0 Å². The van der Waals surface area contributed by atoms with Gasteiger partial charge >= 0.3 is 0 Å². The number of ether oxygens (including phenoxy) is 1. The molecule has 0 aliphatic carbocycles. The third-order valence-corrected chi connectivity index (χ3v) is 4.74. The molecule has 2 heterocycles. The first kappa shape index (κ1) is 14.4. The number of hydrogen-bond donors (Lipinski definition) is 3. The number of rotatable bonds is 4. The van der Waals surface area contributed by atoms with E-state index in [1.165, 1.54) is 30.8 Å². The number of methoxy groups -OCH3 is 1. The molecule has 0 amide bonds. The second kappa shape index (κ2) is 6.08. The smallest absolute Gasteiger partial charge is 0.130 e. The topological polar surface area (TPSA) is 49.7 Å². The predicted molar refractivity (Wildman–Crippen MR) is 83.8 cm³/mol. The highest BCUT2D eigenvalue weighted by atomic mass is 16.5. The van der Waals surface area contributed by atoms with Crippen LogP contribution in [0, 0.1) is 5.92 Å². The van der Waals surface area contributed by atoms with Crippen LogP contribution >= 0.6 is 0 Å². The number of fused-ring (bicyclic) bond motifs is 1. The molecule has 1 aromatic carbocycles. The number of aromatic nitrogens is 1. The molecule has 1 aliphatic heterocycles. The second-order valence-electron chi connectivity index (χ2n) is 6.31. The van der Waals surface area contributed by atoms with Crippen LogP contribution in [0.5, 0.6) is 5.75 Å². The summed E-state index contributed by atoms with van der Waals surface area (Å²) in [6, 6.07) is 5.93. The molecule has 4 nitrogen and oxygen atoms in total. The van der Waals surface area contributed by atoms with Crippen molar-refractivity contribution in [3.05, 3.63) is 30.0 Å². The van der Waals surface area contributed by atoms with Gasteiger partial charge in [-0.1, -0.05) is 6.92 Å². The Morgan fingerprint density at radius 3 is 2.86 bits per heavy atom. The largest absolute Gasteiger partial charge is 0.497 e. The molecule has 114 valence electrons. The molecular weight excluding hydrogens is 264 g/mol. The van der Waals surface area contributed by atoms with Gasteiger partial charge in [0.1, 0.15) is 18.4 Å². The van der Waals surface area contributed by atoms with Gasteiger partial charge < -0.3 is 19.7 Å². The van der Waals surface area contributed by atoms with Crippen LogP contribution in [-0.4, -0.2) is 36.8 Å². The molecule has 0 unspecified atom stereocenters. The van der Waals surface area contributed by atoms with Crippen molar-refractivity contribution in [2.45, 2.75) is 25.9 Å². The third kappa shape index (κ3) is 3.06. The number of aliphatic hydroxyl groups is 1. The van der Waals surface area contributed by atoms with Gasteiger partial charge in [0.25, 0.3) is 0 Å². The summed E-state index contributed by atoms with van der Waals surface area (Å²) >= 11 is 0. The van der Waals surface area contributed by atoms with E-state index >= 15 is 0 Å². The van der Waals surface area contributed by atoms with Crippen LogP contribution in [0.25, 0.3) is 10.9 Å². The molecule has 21 heavy (non-hydrogen) atoms. The number of aliphatic hydroxyl groups excluding tert-OH is 1. The molecule has 1 atom stereocenters. The number of likely N-dealkylation sites (tertiary alicyclic amines) is 1. The van der Waals surface area contributed by atoms with Gasteiger partial charge in [0.05, 0.1) is 20.2 Å². The average molecular weight is 289 g/mol. The molecular formula is C17H25N2O2+. The molecule has 1 aromatic heterocycles. The van der Waals surface area contributed by atoms with E-state index in [-0.39, 0.29) is 0 Å². The van der Waals surface area contributed by atoms with Gasteiger partial charge in [0.2, 0.25) is 0 Å². The summed E-state index contributed by atoms with van der Waals surface area (Å²) in [7, 11) is 1.67. The van der Waals surface area contributed by atoms with Crippen molar-refractivity contribution in [2.24, 2.45) is 5.92 Å². The Bertz CT molecular complexity index is 600. The fourth-order valence-electron chi connectivity index (χ4n) is 3.28. The van der Waals surface area contributed by atoms with Crippen molar-refractivity contribution in [3.8, 4) is 5.75 Å². The lowest BCUT2D eigenvalue weighted by atomic mass is 9.98. The third-order valence-electron chi connectivity index (χ3n) is 4.74. The fraction of sp³-hybridized carbons (Fsp3) is 0.529. The number of hydrogen-bond acceptors (Lipinski definition) is 2. The summed E-state index contributed by atoms with van der Waals surface area (Å²) in [5.74, 6) is 1.66. The number of H-pyrrole nitrogens is 1. The zero-order valence-electron chi connectivity index (χ0n) is 12.9. The number of piperidine rings is 1. The molecule has 0 spiro atoms. The molecule has 0 saturated carbocycles. The van der Waals surface area contributed by atoms with Crippen molar-refractivity contribution in [1.29, 1.82) is 0 Å². The average Bonchev–Trinajstić information content (AvgIpc) is 2.92. The first-order valence-electron chi connectivity index (χ1n) is 7.84. The molecule has 2 aromatic rings. The number of nitrogens with one attached hydrogen (secondary N) is 2. The highest BCUT2D eigenvalue weighted by Crippen LogP contribution is 2.27. The first-order valence-corrected chi connectivity index (χ1v) is 7.84. The zero-order chi connectivity index (χ0) is 14.8. The number of quaternary nitrogens is 1. The van der Waals surface area contributed by atoms with Crippen LogP contribution in [0.2, 0.25) is 0 Å². The van der Waals surface area contributed by atoms with Crippen LogP contribution in [0.3, 0.4) is 0 Å². The van der Waals surface area contributed by atoms with E-state index in [0.717, 1.165) is 34.7 Å². The van der Waals surface area contributed by atoms with E-state index in [1.54, 1.807) is 7.11 Å². The lowest BCUT2D eigenvalue weighted by Crippen LogP contribution is -3.13.